The van der Waals surface area contributed by atoms with Crippen molar-refractivity contribution in [1.29, 1.82) is 0 Å². The first-order valence-electron chi connectivity index (χ1n) is 6.40. The number of aromatic nitrogens is 3. The van der Waals surface area contributed by atoms with Crippen molar-refractivity contribution >= 4 is 21.4 Å². The zero-order valence-electron chi connectivity index (χ0n) is 12.4. The molecule has 2 aromatic rings. The topological polar surface area (TPSA) is 99.8 Å². The van der Waals surface area contributed by atoms with Crippen LogP contribution in [0.15, 0.2) is 16.6 Å². The maximum Gasteiger partial charge on any atom is 0.261 e. The molecule has 0 atom stereocenters. The SMILES string of the molecule is CNCc1c(S(=O)(=O)NC(C)(C)c2nccs2)n[nH]c1C. The summed E-state index contributed by atoms with van der Waals surface area (Å²) in [6, 6.07) is 0. The molecule has 0 radical (unpaired) electrons. The van der Waals surface area contributed by atoms with Gasteiger partial charge in [0.2, 0.25) is 0 Å². The minimum atomic E-state index is -3.74. The van der Waals surface area contributed by atoms with E-state index in [0.29, 0.717) is 17.1 Å². The number of hydrogen-bond acceptors (Lipinski definition) is 6. The average Bonchev–Trinajstić information content (AvgIpc) is 2.99. The standard InChI is InChI=1S/C12H19N5O2S2/c1-8-9(7-13-4)10(16-15-8)21(18,19)17-12(2,3)11-14-5-6-20-11/h5-6,13,17H,7H2,1-4H3,(H,15,16). The summed E-state index contributed by atoms with van der Waals surface area (Å²) in [6.07, 6.45) is 1.65. The Hall–Kier alpha value is -1.29. The van der Waals surface area contributed by atoms with E-state index in [-0.39, 0.29) is 5.03 Å². The van der Waals surface area contributed by atoms with Crippen molar-refractivity contribution in [3.05, 3.63) is 27.8 Å². The predicted octanol–water partition coefficient (Wildman–Crippen LogP) is 1.11. The molecule has 0 spiro atoms. The Morgan fingerprint density at radius 1 is 1.43 bits per heavy atom. The van der Waals surface area contributed by atoms with Crippen molar-refractivity contribution in [2.75, 3.05) is 7.05 Å². The van der Waals surface area contributed by atoms with E-state index in [2.05, 4.69) is 25.2 Å². The third kappa shape index (κ3) is 3.31. The number of nitrogens with one attached hydrogen (secondary N) is 3. The number of sulfonamides is 1. The van der Waals surface area contributed by atoms with E-state index >= 15 is 0 Å². The van der Waals surface area contributed by atoms with E-state index < -0.39 is 15.6 Å². The van der Waals surface area contributed by atoms with Crippen molar-refractivity contribution < 1.29 is 8.42 Å². The molecule has 0 fully saturated rings. The van der Waals surface area contributed by atoms with Crippen LogP contribution in [0.5, 0.6) is 0 Å². The molecule has 3 N–H and O–H groups in total. The molecule has 2 aromatic heterocycles. The minimum Gasteiger partial charge on any atom is -0.316 e. The smallest absolute Gasteiger partial charge is 0.261 e. The average molecular weight is 329 g/mol. The molecule has 7 nitrogen and oxygen atoms in total. The summed E-state index contributed by atoms with van der Waals surface area (Å²) < 4.78 is 27.9. The summed E-state index contributed by atoms with van der Waals surface area (Å²) in [6.45, 7) is 5.78. The molecule has 0 amide bonds. The van der Waals surface area contributed by atoms with E-state index in [9.17, 15) is 8.42 Å². The normalized spacial score (nSPS) is 12.8. The first-order chi connectivity index (χ1) is 9.78. The number of thiazole rings is 1. The van der Waals surface area contributed by atoms with Gasteiger partial charge in [-0.25, -0.2) is 13.4 Å². The van der Waals surface area contributed by atoms with E-state index in [1.165, 1.54) is 11.3 Å². The molecule has 0 aromatic carbocycles. The lowest BCUT2D eigenvalue weighted by Crippen LogP contribution is -2.41. The Balaban J connectivity index is 2.35. The summed E-state index contributed by atoms with van der Waals surface area (Å²) in [7, 11) is -1.98. The van der Waals surface area contributed by atoms with Gasteiger partial charge in [0, 0.05) is 29.4 Å². The number of H-pyrrole nitrogens is 1. The Bertz CT molecular complexity index is 704. The second-order valence-corrected chi connectivity index (χ2v) is 7.72. The van der Waals surface area contributed by atoms with E-state index in [1.807, 2.05) is 5.38 Å². The Kier molecular flexibility index (Phi) is 4.47. The molecule has 21 heavy (non-hydrogen) atoms. The van der Waals surface area contributed by atoms with Gasteiger partial charge in [-0.2, -0.15) is 9.82 Å². The number of nitrogens with zero attached hydrogens (tertiary/aromatic N) is 2. The lowest BCUT2D eigenvalue weighted by Gasteiger charge is -2.23. The molecule has 9 heteroatoms. The van der Waals surface area contributed by atoms with Crippen LogP contribution in [0.25, 0.3) is 0 Å². The van der Waals surface area contributed by atoms with Gasteiger partial charge in [0.05, 0.1) is 5.54 Å². The third-order valence-corrected chi connectivity index (χ3v) is 5.72. The van der Waals surface area contributed by atoms with Gasteiger partial charge >= 0.3 is 0 Å². The molecular weight excluding hydrogens is 310 g/mol. The minimum absolute atomic E-state index is 0.0268. The molecule has 0 saturated carbocycles. The Morgan fingerprint density at radius 3 is 2.71 bits per heavy atom. The Labute approximate surface area is 128 Å². The number of rotatable bonds is 6. The highest BCUT2D eigenvalue weighted by Gasteiger charge is 2.33. The third-order valence-electron chi connectivity index (χ3n) is 3.00. The van der Waals surface area contributed by atoms with Gasteiger partial charge in [-0.15, -0.1) is 11.3 Å². The highest BCUT2D eigenvalue weighted by atomic mass is 32.2. The molecule has 2 heterocycles. The van der Waals surface area contributed by atoms with Gasteiger partial charge in [0.15, 0.2) is 5.03 Å². The van der Waals surface area contributed by atoms with Gasteiger partial charge in [-0.05, 0) is 27.8 Å². The second kappa shape index (κ2) is 5.84. The molecule has 0 unspecified atom stereocenters. The number of hydrogen-bond donors (Lipinski definition) is 3. The summed E-state index contributed by atoms with van der Waals surface area (Å²) in [5, 5.41) is 12.2. The van der Waals surface area contributed by atoms with Crippen LogP contribution >= 0.6 is 11.3 Å². The summed E-state index contributed by atoms with van der Waals surface area (Å²) in [4.78, 5) is 4.18. The van der Waals surface area contributed by atoms with Gasteiger partial charge in [-0.3, -0.25) is 5.10 Å². The predicted molar refractivity (Wildman–Crippen MR) is 81.5 cm³/mol. The quantitative estimate of drug-likeness (QED) is 0.737. The largest absolute Gasteiger partial charge is 0.316 e. The summed E-state index contributed by atoms with van der Waals surface area (Å²) >= 11 is 1.41. The molecule has 116 valence electrons. The highest BCUT2D eigenvalue weighted by molar-refractivity contribution is 7.89. The van der Waals surface area contributed by atoms with Crippen molar-refractivity contribution in [3.8, 4) is 0 Å². The van der Waals surface area contributed by atoms with Crippen molar-refractivity contribution in [3.63, 3.8) is 0 Å². The lowest BCUT2D eigenvalue weighted by molar-refractivity contribution is 0.467. The Morgan fingerprint density at radius 2 is 2.14 bits per heavy atom. The fourth-order valence-electron chi connectivity index (χ4n) is 2.00. The van der Waals surface area contributed by atoms with E-state index in [4.69, 9.17) is 0 Å². The van der Waals surface area contributed by atoms with Crippen LogP contribution in [0.2, 0.25) is 0 Å². The van der Waals surface area contributed by atoms with Crippen LogP contribution in [-0.4, -0.2) is 30.6 Å². The highest BCUT2D eigenvalue weighted by Crippen LogP contribution is 2.25. The number of aryl methyl sites for hydroxylation is 1. The van der Waals surface area contributed by atoms with Gasteiger partial charge in [0.1, 0.15) is 5.01 Å². The monoisotopic (exact) mass is 329 g/mol. The van der Waals surface area contributed by atoms with E-state index in [0.717, 1.165) is 5.69 Å². The van der Waals surface area contributed by atoms with Gasteiger partial charge in [0.25, 0.3) is 10.0 Å². The fourth-order valence-corrected chi connectivity index (χ4v) is 4.36. The zero-order chi connectivity index (χ0) is 15.7. The van der Waals surface area contributed by atoms with Crippen LogP contribution in [0.3, 0.4) is 0 Å². The summed E-state index contributed by atoms with van der Waals surface area (Å²) in [5.41, 5.74) is 0.577. The van der Waals surface area contributed by atoms with Crippen molar-refractivity contribution in [2.45, 2.75) is 37.9 Å². The maximum absolute atomic E-state index is 12.6. The van der Waals surface area contributed by atoms with Crippen LogP contribution < -0.4 is 10.0 Å². The molecule has 0 aliphatic carbocycles. The van der Waals surface area contributed by atoms with Crippen LogP contribution in [0.1, 0.15) is 30.1 Å². The maximum atomic E-state index is 12.6. The summed E-state index contributed by atoms with van der Waals surface area (Å²) in [5.74, 6) is 0. The van der Waals surface area contributed by atoms with Crippen LogP contribution in [0.4, 0.5) is 0 Å². The zero-order valence-corrected chi connectivity index (χ0v) is 14.0. The molecule has 2 rings (SSSR count). The van der Waals surface area contributed by atoms with Gasteiger partial charge in [-0.1, -0.05) is 0 Å². The van der Waals surface area contributed by atoms with Crippen LogP contribution in [-0.2, 0) is 22.1 Å². The van der Waals surface area contributed by atoms with Crippen LogP contribution in [0, 0.1) is 6.92 Å². The number of aromatic amines is 1. The second-order valence-electron chi connectivity index (χ2n) is 5.23. The molecular formula is C12H19N5O2S2. The van der Waals surface area contributed by atoms with Crippen molar-refractivity contribution in [1.82, 2.24) is 25.2 Å². The van der Waals surface area contributed by atoms with Gasteiger partial charge < -0.3 is 5.32 Å². The first-order valence-corrected chi connectivity index (χ1v) is 8.76. The van der Waals surface area contributed by atoms with Crippen molar-refractivity contribution in [2.24, 2.45) is 0 Å². The van der Waals surface area contributed by atoms with E-state index in [1.54, 1.807) is 34.0 Å². The first kappa shape index (κ1) is 16.1. The molecule has 0 aliphatic heterocycles. The molecule has 0 bridgehead atoms. The molecule has 0 saturated heterocycles. The lowest BCUT2D eigenvalue weighted by atomic mass is 10.1. The molecule has 0 aliphatic rings. The fraction of sp³-hybridized carbons (Fsp3) is 0.500.